The minimum absolute atomic E-state index is 0.0184. The molecule has 5 heterocycles. The Bertz CT molecular complexity index is 806. The second-order valence-electron chi connectivity index (χ2n) is 6.88. The molecule has 3 saturated heterocycles. The lowest BCUT2D eigenvalue weighted by molar-refractivity contribution is 0.0216. The predicted octanol–water partition coefficient (Wildman–Crippen LogP) is 2.71. The zero-order valence-corrected chi connectivity index (χ0v) is 14.7. The summed E-state index contributed by atoms with van der Waals surface area (Å²) < 4.78 is 0.938. The maximum Gasteiger partial charge on any atom is 0.270 e. The summed E-state index contributed by atoms with van der Waals surface area (Å²) in [4.78, 5) is 31.2. The van der Waals surface area contributed by atoms with E-state index in [1.54, 1.807) is 19.2 Å². The summed E-state index contributed by atoms with van der Waals surface area (Å²) in [6, 6.07) is 2.32. The Labute approximate surface area is 145 Å². The van der Waals surface area contributed by atoms with E-state index in [4.69, 9.17) is 0 Å². The lowest BCUT2D eigenvalue weighted by Crippen LogP contribution is -2.62. The molecule has 0 spiro atoms. The number of nitrogens with one attached hydrogen (secondary N) is 1. The van der Waals surface area contributed by atoms with E-state index < -0.39 is 0 Å². The van der Waals surface area contributed by atoms with E-state index in [2.05, 4.69) is 22.1 Å². The van der Waals surface area contributed by atoms with Gasteiger partial charge in [-0.1, -0.05) is 0 Å². The van der Waals surface area contributed by atoms with Crippen LogP contribution in [0.25, 0.3) is 10.1 Å². The molecule has 1 amide bonds. The smallest absolute Gasteiger partial charge is 0.270 e. The minimum atomic E-state index is -0.136. The molecular formula is C18H21N3O2S. The Balaban J connectivity index is 1.59. The SMILES string of the molecule is CC(=O)c1csc2cnc(C(=O)NC3C4CCN(CC4)C3C)cc12. The average molecular weight is 343 g/mol. The van der Waals surface area contributed by atoms with E-state index in [-0.39, 0.29) is 17.7 Å². The Morgan fingerprint density at radius 3 is 2.75 bits per heavy atom. The third-order valence-electron chi connectivity index (χ3n) is 5.55. The van der Waals surface area contributed by atoms with Gasteiger partial charge in [0.2, 0.25) is 0 Å². The highest BCUT2D eigenvalue weighted by molar-refractivity contribution is 7.17. The van der Waals surface area contributed by atoms with Crippen molar-refractivity contribution in [1.82, 2.24) is 15.2 Å². The first-order chi connectivity index (χ1) is 11.5. The summed E-state index contributed by atoms with van der Waals surface area (Å²) in [5, 5.41) is 5.86. The maximum atomic E-state index is 12.7. The van der Waals surface area contributed by atoms with E-state index >= 15 is 0 Å². The van der Waals surface area contributed by atoms with Gasteiger partial charge in [-0.05, 0) is 51.8 Å². The van der Waals surface area contributed by atoms with Crippen molar-refractivity contribution >= 4 is 33.1 Å². The molecular weight excluding hydrogens is 322 g/mol. The summed E-state index contributed by atoms with van der Waals surface area (Å²) in [7, 11) is 0. The number of hydrogen-bond acceptors (Lipinski definition) is 5. The number of Topliss-reactive ketones (excluding diaryl/α,β-unsaturated/α-hetero) is 1. The van der Waals surface area contributed by atoms with Crippen molar-refractivity contribution < 1.29 is 9.59 Å². The molecule has 2 aromatic rings. The fourth-order valence-electron chi connectivity index (χ4n) is 4.10. The second-order valence-corrected chi connectivity index (χ2v) is 7.80. The van der Waals surface area contributed by atoms with Crippen LogP contribution in [0.1, 0.15) is 47.5 Å². The highest BCUT2D eigenvalue weighted by Crippen LogP contribution is 2.32. The van der Waals surface area contributed by atoms with Crippen LogP contribution >= 0.6 is 11.3 Å². The Morgan fingerprint density at radius 2 is 2.08 bits per heavy atom. The predicted molar refractivity (Wildman–Crippen MR) is 94.6 cm³/mol. The molecule has 3 aliphatic rings. The number of thiophene rings is 1. The van der Waals surface area contributed by atoms with Crippen LogP contribution in [0.3, 0.4) is 0 Å². The molecule has 5 rings (SSSR count). The van der Waals surface area contributed by atoms with E-state index in [9.17, 15) is 9.59 Å². The third kappa shape index (κ3) is 2.54. The largest absolute Gasteiger partial charge is 0.346 e. The number of aromatic nitrogens is 1. The summed E-state index contributed by atoms with van der Waals surface area (Å²) in [6.45, 7) is 6.02. The van der Waals surface area contributed by atoms with Gasteiger partial charge in [0.25, 0.3) is 5.91 Å². The van der Waals surface area contributed by atoms with Crippen LogP contribution in [0.4, 0.5) is 0 Å². The van der Waals surface area contributed by atoms with Crippen LogP contribution in [-0.2, 0) is 0 Å². The molecule has 2 atom stereocenters. The molecule has 0 radical (unpaired) electrons. The number of pyridine rings is 1. The quantitative estimate of drug-likeness (QED) is 0.871. The molecule has 126 valence electrons. The Hall–Kier alpha value is -1.79. The minimum Gasteiger partial charge on any atom is -0.346 e. The van der Waals surface area contributed by atoms with Gasteiger partial charge in [0.1, 0.15) is 5.69 Å². The molecule has 0 saturated carbocycles. The number of nitrogens with zero attached hydrogens (tertiary/aromatic N) is 2. The molecule has 3 fully saturated rings. The van der Waals surface area contributed by atoms with Gasteiger partial charge >= 0.3 is 0 Å². The van der Waals surface area contributed by atoms with Crippen molar-refractivity contribution in [3.63, 3.8) is 0 Å². The van der Waals surface area contributed by atoms with E-state index in [1.165, 1.54) is 11.3 Å². The van der Waals surface area contributed by atoms with Gasteiger partial charge in [0, 0.05) is 34.6 Å². The number of hydrogen-bond donors (Lipinski definition) is 1. The molecule has 0 aromatic carbocycles. The second kappa shape index (κ2) is 5.93. The number of carbonyl (C=O) groups is 2. The molecule has 6 heteroatoms. The van der Waals surface area contributed by atoms with Crippen molar-refractivity contribution in [3.8, 4) is 0 Å². The van der Waals surface area contributed by atoms with Gasteiger partial charge < -0.3 is 5.32 Å². The lowest BCUT2D eigenvalue weighted by atomic mass is 9.79. The zero-order chi connectivity index (χ0) is 16.8. The van der Waals surface area contributed by atoms with Crippen molar-refractivity contribution in [2.45, 2.75) is 38.8 Å². The van der Waals surface area contributed by atoms with Gasteiger partial charge in [0.15, 0.2) is 5.78 Å². The zero-order valence-electron chi connectivity index (χ0n) is 13.9. The molecule has 2 aromatic heterocycles. The van der Waals surface area contributed by atoms with E-state index in [0.717, 1.165) is 36.0 Å². The molecule has 3 aliphatic heterocycles. The van der Waals surface area contributed by atoms with Gasteiger partial charge in [-0.15, -0.1) is 11.3 Å². The third-order valence-corrected chi connectivity index (χ3v) is 6.48. The monoisotopic (exact) mass is 343 g/mol. The maximum absolute atomic E-state index is 12.7. The number of ketones is 1. The molecule has 2 unspecified atom stereocenters. The fourth-order valence-corrected chi connectivity index (χ4v) is 5.05. The first kappa shape index (κ1) is 15.7. The number of piperidine rings is 3. The van der Waals surface area contributed by atoms with Crippen molar-refractivity contribution in [1.29, 1.82) is 0 Å². The molecule has 24 heavy (non-hydrogen) atoms. The normalized spacial score (nSPS) is 28.9. The first-order valence-electron chi connectivity index (χ1n) is 8.47. The van der Waals surface area contributed by atoms with E-state index in [0.29, 0.717) is 23.2 Å². The van der Waals surface area contributed by atoms with Crippen LogP contribution in [0.2, 0.25) is 0 Å². The van der Waals surface area contributed by atoms with Crippen molar-refractivity contribution in [2.75, 3.05) is 13.1 Å². The summed E-state index contributed by atoms with van der Waals surface area (Å²) in [5.74, 6) is 0.444. The lowest BCUT2D eigenvalue weighted by Gasteiger charge is -2.49. The van der Waals surface area contributed by atoms with Crippen LogP contribution in [0, 0.1) is 5.92 Å². The van der Waals surface area contributed by atoms with Crippen molar-refractivity contribution in [3.05, 3.63) is 28.9 Å². The van der Waals surface area contributed by atoms with Gasteiger partial charge in [0.05, 0.1) is 4.70 Å². The van der Waals surface area contributed by atoms with E-state index in [1.807, 2.05) is 5.38 Å². The van der Waals surface area contributed by atoms with Crippen LogP contribution in [-0.4, -0.2) is 46.7 Å². The topological polar surface area (TPSA) is 62.3 Å². The number of rotatable bonds is 3. The Kier molecular flexibility index (Phi) is 3.89. The standard InChI is InChI=1S/C18H21N3O2S/c1-10-17(12-3-5-21(10)6-4-12)20-18(23)15-7-13-14(11(2)22)9-24-16(13)8-19-15/h7-10,12,17H,3-6H2,1-2H3,(H,20,23). The van der Waals surface area contributed by atoms with Crippen LogP contribution < -0.4 is 5.32 Å². The molecule has 1 N–H and O–H groups in total. The molecule has 2 bridgehead atoms. The average Bonchev–Trinajstić information content (AvgIpc) is 3.01. The molecule has 5 nitrogen and oxygen atoms in total. The highest BCUT2D eigenvalue weighted by Gasteiger charge is 2.40. The van der Waals surface area contributed by atoms with Gasteiger partial charge in [-0.3, -0.25) is 14.5 Å². The summed E-state index contributed by atoms with van der Waals surface area (Å²) >= 11 is 1.49. The Morgan fingerprint density at radius 1 is 1.33 bits per heavy atom. The summed E-state index contributed by atoms with van der Waals surface area (Å²) in [5.41, 5.74) is 1.06. The van der Waals surface area contributed by atoms with Crippen LogP contribution in [0.15, 0.2) is 17.6 Å². The molecule has 0 aliphatic carbocycles. The van der Waals surface area contributed by atoms with Gasteiger partial charge in [-0.25, -0.2) is 4.98 Å². The van der Waals surface area contributed by atoms with Gasteiger partial charge in [-0.2, -0.15) is 0 Å². The number of carbonyl (C=O) groups excluding carboxylic acids is 2. The fraction of sp³-hybridized carbons (Fsp3) is 0.500. The van der Waals surface area contributed by atoms with Crippen molar-refractivity contribution in [2.24, 2.45) is 5.92 Å². The number of fused-ring (bicyclic) bond motifs is 4. The number of amides is 1. The van der Waals surface area contributed by atoms with Crippen LogP contribution in [0.5, 0.6) is 0 Å². The first-order valence-corrected chi connectivity index (χ1v) is 9.35. The highest BCUT2D eigenvalue weighted by atomic mass is 32.1. The summed E-state index contributed by atoms with van der Waals surface area (Å²) in [6.07, 6.45) is 4.00.